The second-order valence-corrected chi connectivity index (χ2v) is 1.81. The fourth-order valence-electron chi connectivity index (χ4n) is 0.291. The zero-order valence-corrected chi connectivity index (χ0v) is 4.72. The van der Waals surface area contributed by atoms with Crippen LogP contribution in [0.5, 0.6) is 0 Å². The third-order valence-electron chi connectivity index (χ3n) is 0.731. The summed E-state index contributed by atoms with van der Waals surface area (Å²) >= 11 is 0. The molecule has 0 saturated carbocycles. The number of epoxide rings is 1. The summed E-state index contributed by atoms with van der Waals surface area (Å²) in [6, 6.07) is 0. The second kappa shape index (κ2) is 2.36. The fraction of sp³-hybridized carbons (Fsp3) is 1.00. The van der Waals surface area contributed by atoms with Gasteiger partial charge in [-0.15, -0.1) is 4.52 Å². The highest BCUT2D eigenvalue weighted by atomic mass is 31.1. The van der Waals surface area contributed by atoms with Gasteiger partial charge in [-0.1, -0.05) is 0 Å². The lowest BCUT2D eigenvalue weighted by atomic mass is 10.5. The summed E-state index contributed by atoms with van der Waals surface area (Å²) in [5, 5.41) is 0. The molecule has 2 unspecified atom stereocenters. The summed E-state index contributed by atoms with van der Waals surface area (Å²) in [7, 11) is -0.639. The van der Waals surface area contributed by atoms with Crippen molar-refractivity contribution >= 4 is 8.69 Å². The van der Waals surface area contributed by atoms with Crippen molar-refractivity contribution in [3.05, 3.63) is 0 Å². The van der Waals surface area contributed by atoms with Gasteiger partial charge in [0.05, 0.1) is 6.61 Å². The molecule has 7 heavy (non-hydrogen) atoms. The number of rotatable bonds is 3. The average Bonchev–Trinajstić information content (AvgIpc) is 2.42. The van der Waals surface area contributed by atoms with Gasteiger partial charge in [-0.3, -0.25) is 0 Å². The maximum Gasteiger partial charge on any atom is 0.494 e. The van der Waals surface area contributed by atoms with Gasteiger partial charge in [-0.05, 0) is 4.57 Å². The van der Waals surface area contributed by atoms with Gasteiger partial charge in [0.15, 0.2) is 0 Å². The quantitative estimate of drug-likeness (QED) is 0.399. The smallest absolute Gasteiger partial charge is 0.370 e. The molecule has 0 aromatic carbocycles. The van der Waals surface area contributed by atoms with Crippen LogP contribution < -0.4 is 0 Å². The maximum atomic E-state index is 9.61. The molecular formula is C3H6O3P+. The van der Waals surface area contributed by atoms with Gasteiger partial charge in [0.2, 0.25) is 0 Å². The number of ether oxygens (including phenoxy) is 1. The van der Waals surface area contributed by atoms with Crippen molar-refractivity contribution in [2.45, 2.75) is 6.10 Å². The van der Waals surface area contributed by atoms with Crippen LogP contribution in [-0.2, 0) is 13.8 Å². The molecule has 1 fully saturated rings. The lowest BCUT2D eigenvalue weighted by molar-refractivity contribution is 0.280. The molecular weight excluding hydrogens is 115 g/mol. The van der Waals surface area contributed by atoms with E-state index in [1.165, 1.54) is 0 Å². The highest BCUT2D eigenvalue weighted by molar-refractivity contribution is 7.17. The first-order valence-corrected chi connectivity index (χ1v) is 2.85. The predicted molar refractivity (Wildman–Crippen MR) is 24.7 cm³/mol. The molecule has 0 aliphatic carbocycles. The summed E-state index contributed by atoms with van der Waals surface area (Å²) in [5.74, 6) is 0. The molecule has 0 spiro atoms. The Morgan fingerprint density at radius 3 is 3.14 bits per heavy atom. The van der Waals surface area contributed by atoms with Crippen LogP contribution >= 0.6 is 8.69 Å². The molecule has 0 bridgehead atoms. The molecule has 1 aliphatic rings. The van der Waals surface area contributed by atoms with Crippen LogP contribution in [0.25, 0.3) is 0 Å². The minimum absolute atomic E-state index is 0.237. The van der Waals surface area contributed by atoms with E-state index in [2.05, 4.69) is 4.52 Å². The average molecular weight is 121 g/mol. The van der Waals surface area contributed by atoms with E-state index in [1.807, 2.05) is 0 Å². The second-order valence-electron chi connectivity index (χ2n) is 1.35. The van der Waals surface area contributed by atoms with E-state index in [-0.39, 0.29) is 6.10 Å². The number of hydrogen-bond acceptors (Lipinski definition) is 3. The summed E-state index contributed by atoms with van der Waals surface area (Å²) in [4.78, 5) is 0. The van der Waals surface area contributed by atoms with E-state index in [0.717, 1.165) is 6.61 Å². The minimum Gasteiger partial charge on any atom is -0.370 e. The zero-order chi connectivity index (χ0) is 5.11. The van der Waals surface area contributed by atoms with Crippen molar-refractivity contribution in [3.8, 4) is 0 Å². The molecule has 3 nitrogen and oxygen atoms in total. The van der Waals surface area contributed by atoms with Gasteiger partial charge in [0.25, 0.3) is 0 Å². The van der Waals surface area contributed by atoms with Crippen LogP contribution in [-0.4, -0.2) is 19.3 Å². The van der Waals surface area contributed by atoms with Crippen molar-refractivity contribution in [3.63, 3.8) is 0 Å². The molecule has 0 aromatic rings. The zero-order valence-electron chi connectivity index (χ0n) is 3.72. The Morgan fingerprint density at radius 1 is 2.00 bits per heavy atom. The van der Waals surface area contributed by atoms with Crippen molar-refractivity contribution in [1.82, 2.24) is 0 Å². The molecule has 2 atom stereocenters. The normalized spacial score (nSPS) is 28.3. The van der Waals surface area contributed by atoms with Crippen molar-refractivity contribution in [2.75, 3.05) is 13.2 Å². The topological polar surface area (TPSA) is 38.8 Å². The largest absolute Gasteiger partial charge is 0.494 e. The molecule has 1 heterocycles. The maximum absolute atomic E-state index is 9.61. The van der Waals surface area contributed by atoms with E-state index in [4.69, 9.17) is 4.74 Å². The molecule has 1 saturated heterocycles. The molecule has 1 rings (SSSR count). The monoisotopic (exact) mass is 121 g/mol. The summed E-state index contributed by atoms with van der Waals surface area (Å²) in [6.45, 7) is 1.26. The fourth-order valence-corrected chi connectivity index (χ4v) is 0.545. The van der Waals surface area contributed by atoms with Gasteiger partial charge >= 0.3 is 8.69 Å². The first-order valence-electron chi connectivity index (χ1n) is 2.04. The van der Waals surface area contributed by atoms with Gasteiger partial charge in [-0.25, -0.2) is 0 Å². The van der Waals surface area contributed by atoms with Crippen LogP contribution in [0.2, 0.25) is 0 Å². The molecule has 0 N–H and O–H groups in total. The van der Waals surface area contributed by atoms with E-state index in [0.29, 0.717) is 6.61 Å². The summed E-state index contributed by atoms with van der Waals surface area (Å²) in [6.07, 6.45) is 0.237. The first-order chi connectivity index (χ1) is 3.43. The van der Waals surface area contributed by atoms with Gasteiger partial charge in [0.1, 0.15) is 12.7 Å². The minimum atomic E-state index is -0.639. The lowest BCUT2D eigenvalue weighted by Gasteiger charge is -1.74. The van der Waals surface area contributed by atoms with Crippen molar-refractivity contribution in [1.29, 1.82) is 0 Å². The standard InChI is InChI=1S/C3H6O3P/c4-7-6-2-3-1-5-3/h3,7H,1-2H2/q+1. The Balaban J connectivity index is 1.88. The van der Waals surface area contributed by atoms with E-state index in [9.17, 15) is 4.57 Å². The van der Waals surface area contributed by atoms with Gasteiger partial charge < -0.3 is 4.74 Å². The van der Waals surface area contributed by atoms with Crippen LogP contribution in [0, 0.1) is 0 Å². The number of hydrogen-bond donors (Lipinski definition) is 0. The van der Waals surface area contributed by atoms with Crippen molar-refractivity contribution in [2.24, 2.45) is 0 Å². The van der Waals surface area contributed by atoms with Crippen molar-refractivity contribution < 1.29 is 13.8 Å². The summed E-state index contributed by atoms with van der Waals surface area (Å²) in [5.41, 5.74) is 0. The Labute approximate surface area is 42.9 Å². The highest BCUT2D eigenvalue weighted by Crippen LogP contribution is 2.10. The lowest BCUT2D eigenvalue weighted by Crippen LogP contribution is -1.91. The third kappa shape index (κ3) is 1.97. The van der Waals surface area contributed by atoms with Gasteiger partial charge in [0, 0.05) is 0 Å². The molecule has 0 aromatic heterocycles. The van der Waals surface area contributed by atoms with E-state index in [1.54, 1.807) is 0 Å². The Hall–Kier alpha value is 0.0200. The van der Waals surface area contributed by atoms with Crippen LogP contribution in [0.4, 0.5) is 0 Å². The molecule has 4 heteroatoms. The highest BCUT2D eigenvalue weighted by Gasteiger charge is 2.23. The molecule has 0 amide bonds. The Kier molecular flexibility index (Phi) is 1.74. The first kappa shape index (κ1) is 5.16. The molecule has 0 radical (unpaired) electrons. The Bertz CT molecular complexity index is 70.6. The van der Waals surface area contributed by atoms with E-state index >= 15 is 0 Å². The van der Waals surface area contributed by atoms with Crippen LogP contribution in [0.3, 0.4) is 0 Å². The predicted octanol–water partition coefficient (Wildman–Crippen LogP) is 0.341. The van der Waals surface area contributed by atoms with E-state index < -0.39 is 8.69 Å². The van der Waals surface area contributed by atoms with Crippen LogP contribution in [0.15, 0.2) is 0 Å². The summed E-state index contributed by atoms with van der Waals surface area (Å²) < 4.78 is 18.9. The SMILES string of the molecule is O=[PH+]OCC1CO1. The van der Waals surface area contributed by atoms with Crippen LogP contribution in [0.1, 0.15) is 0 Å². The Morgan fingerprint density at radius 2 is 2.71 bits per heavy atom. The molecule has 1 aliphatic heterocycles. The third-order valence-corrected chi connectivity index (χ3v) is 1.02. The van der Waals surface area contributed by atoms with Gasteiger partial charge in [-0.2, -0.15) is 0 Å². The molecule has 40 valence electrons.